The summed E-state index contributed by atoms with van der Waals surface area (Å²) in [4.78, 5) is 14.1. The standard InChI is InChI=1S/C16H18F3N5O/c1-10(24-25)8-11(16(17,18)19)4-3-5-14(20)12-6-7-23-9-13(12)15(21)22-2/h3-4,6-9,23H,1,5,20H2,2H3,(H2,21,22)/b4-3-,11-8+,14-12-. The minimum Gasteiger partial charge on any atom is -0.401 e. The van der Waals surface area contributed by atoms with Gasteiger partial charge in [0, 0.05) is 42.7 Å². The number of rotatable bonds is 6. The first kappa shape index (κ1) is 19.9. The third-order valence-electron chi connectivity index (χ3n) is 3.13. The molecule has 1 aliphatic rings. The molecular formula is C16H18F3N5O. The van der Waals surface area contributed by atoms with Gasteiger partial charge in [-0.25, -0.2) is 0 Å². The quantitative estimate of drug-likeness (QED) is 0.295. The summed E-state index contributed by atoms with van der Waals surface area (Å²) >= 11 is 0. The molecule has 0 radical (unpaired) electrons. The van der Waals surface area contributed by atoms with E-state index in [1.54, 1.807) is 18.5 Å². The van der Waals surface area contributed by atoms with Crippen molar-refractivity contribution >= 4 is 5.84 Å². The predicted octanol–water partition coefficient (Wildman–Crippen LogP) is 2.90. The summed E-state index contributed by atoms with van der Waals surface area (Å²) in [7, 11) is 1.51. The molecule has 0 aromatic rings. The average Bonchev–Trinajstić information content (AvgIpc) is 2.58. The average molecular weight is 353 g/mol. The third kappa shape index (κ3) is 5.79. The first-order valence-electron chi connectivity index (χ1n) is 7.02. The Kier molecular flexibility index (Phi) is 6.92. The lowest BCUT2D eigenvalue weighted by molar-refractivity contribution is -0.0882. The minimum atomic E-state index is -4.65. The highest BCUT2D eigenvalue weighted by Crippen LogP contribution is 2.28. The number of nitrogens with one attached hydrogen (secondary N) is 1. The van der Waals surface area contributed by atoms with Gasteiger partial charge >= 0.3 is 6.18 Å². The van der Waals surface area contributed by atoms with Crippen LogP contribution < -0.4 is 16.8 Å². The number of hydrogen-bond donors (Lipinski definition) is 3. The molecule has 0 aromatic heterocycles. The van der Waals surface area contributed by atoms with Crippen LogP contribution in [0.2, 0.25) is 0 Å². The van der Waals surface area contributed by atoms with Crippen LogP contribution in [-0.2, 0) is 0 Å². The van der Waals surface area contributed by atoms with Gasteiger partial charge in [-0.3, -0.25) is 4.99 Å². The van der Waals surface area contributed by atoms with Gasteiger partial charge in [0.1, 0.15) is 11.5 Å². The fraction of sp³-hybridized carbons (Fsp3) is 0.188. The topological polar surface area (TPSA) is 106 Å². The first-order chi connectivity index (χ1) is 11.7. The molecule has 0 unspecified atom stereocenters. The van der Waals surface area contributed by atoms with Crippen molar-refractivity contribution in [2.24, 2.45) is 21.6 Å². The molecule has 1 heterocycles. The molecule has 0 saturated heterocycles. The van der Waals surface area contributed by atoms with E-state index in [1.807, 2.05) is 0 Å². The molecule has 0 bridgehead atoms. The zero-order valence-electron chi connectivity index (χ0n) is 13.5. The lowest BCUT2D eigenvalue weighted by Crippen LogP contribution is -2.21. The van der Waals surface area contributed by atoms with Crippen molar-refractivity contribution in [3.05, 3.63) is 76.3 Å². The van der Waals surface area contributed by atoms with Gasteiger partial charge in [-0.15, -0.1) is 4.91 Å². The van der Waals surface area contributed by atoms with Gasteiger partial charge in [0.2, 0.25) is 0 Å². The van der Waals surface area contributed by atoms with E-state index in [1.165, 1.54) is 13.1 Å². The maximum absolute atomic E-state index is 12.9. The molecule has 6 nitrogen and oxygen atoms in total. The fourth-order valence-electron chi connectivity index (χ4n) is 1.90. The number of hydrogen-bond acceptors (Lipinski definition) is 5. The Hall–Kier alpha value is -3.10. The van der Waals surface area contributed by atoms with Crippen LogP contribution in [-0.4, -0.2) is 19.1 Å². The number of halogens is 3. The van der Waals surface area contributed by atoms with Gasteiger partial charge in [-0.05, 0) is 17.3 Å². The second-order valence-electron chi connectivity index (χ2n) is 4.89. The Labute approximate surface area is 142 Å². The molecule has 0 aromatic carbocycles. The summed E-state index contributed by atoms with van der Waals surface area (Å²) in [5.74, 6) is 0.239. The van der Waals surface area contributed by atoms with Gasteiger partial charge in [0.25, 0.3) is 0 Å². The molecule has 0 fully saturated rings. The summed E-state index contributed by atoms with van der Waals surface area (Å²) in [6.07, 6.45) is 2.84. The van der Waals surface area contributed by atoms with Gasteiger partial charge in [0.15, 0.2) is 0 Å². The molecule has 0 spiro atoms. The molecule has 9 heteroatoms. The van der Waals surface area contributed by atoms with E-state index in [4.69, 9.17) is 11.5 Å². The molecule has 0 aliphatic carbocycles. The van der Waals surface area contributed by atoms with Crippen molar-refractivity contribution in [1.82, 2.24) is 5.32 Å². The van der Waals surface area contributed by atoms with E-state index < -0.39 is 17.4 Å². The predicted molar refractivity (Wildman–Crippen MR) is 91.9 cm³/mol. The van der Waals surface area contributed by atoms with Crippen LogP contribution in [0.15, 0.2) is 81.6 Å². The number of nitrogens with zero attached hydrogens (tertiary/aromatic N) is 2. The highest BCUT2D eigenvalue weighted by atomic mass is 19.4. The minimum absolute atomic E-state index is 0.0302. The summed E-state index contributed by atoms with van der Waals surface area (Å²) in [5, 5.41) is 5.20. The van der Waals surface area contributed by atoms with E-state index in [2.05, 4.69) is 22.1 Å². The first-order valence-corrected chi connectivity index (χ1v) is 7.02. The number of nitrogens with two attached hydrogens (primary N) is 2. The van der Waals surface area contributed by atoms with E-state index >= 15 is 0 Å². The van der Waals surface area contributed by atoms with Crippen LogP contribution in [0.4, 0.5) is 13.2 Å². The highest BCUT2D eigenvalue weighted by Gasteiger charge is 2.31. The van der Waals surface area contributed by atoms with Crippen molar-refractivity contribution in [1.29, 1.82) is 0 Å². The van der Waals surface area contributed by atoms with Crippen molar-refractivity contribution < 1.29 is 13.2 Å². The summed E-state index contributed by atoms with van der Waals surface area (Å²) in [6, 6.07) is 0. The van der Waals surface area contributed by atoms with Crippen molar-refractivity contribution in [2.45, 2.75) is 12.6 Å². The summed E-state index contributed by atoms with van der Waals surface area (Å²) in [6.45, 7) is 3.11. The molecule has 134 valence electrons. The zero-order valence-corrected chi connectivity index (χ0v) is 13.5. The number of allylic oxidation sites excluding steroid dienone is 5. The second kappa shape index (κ2) is 8.67. The van der Waals surface area contributed by atoms with E-state index in [0.717, 1.165) is 6.08 Å². The van der Waals surface area contributed by atoms with Crippen LogP contribution in [0.25, 0.3) is 0 Å². The number of nitroso groups, excluding NO2 is 1. The van der Waals surface area contributed by atoms with Gasteiger partial charge in [-0.1, -0.05) is 18.7 Å². The molecule has 0 amide bonds. The van der Waals surface area contributed by atoms with Crippen LogP contribution in [0.5, 0.6) is 0 Å². The van der Waals surface area contributed by atoms with E-state index in [9.17, 15) is 18.1 Å². The number of alkyl halides is 3. The monoisotopic (exact) mass is 353 g/mol. The van der Waals surface area contributed by atoms with E-state index in [-0.39, 0.29) is 12.3 Å². The Morgan fingerprint density at radius 1 is 1.40 bits per heavy atom. The lowest BCUT2D eigenvalue weighted by Gasteiger charge is -2.15. The normalized spacial score (nSPS) is 18.0. The fourth-order valence-corrected chi connectivity index (χ4v) is 1.90. The Morgan fingerprint density at radius 3 is 2.64 bits per heavy atom. The van der Waals surface area contributed by atoms with E-state index in [0.29, 0.717) is 22.9 Å². The molecule has 5 N–H and O–H groups in total. The third-order valence-corrected chi connectivity index (χ3v) is 3.13. The lowest BCUT2D eigenvalue weighted by atomic mass is 10.00. The van der Waals surface area contributed by atoms with Gasteiger partial charge in [0.05, 0.1) is 5.57 Å². The zero-order chi connectivity index (χ0) is 19.0. The van der Waals surface area contributed by atoms with Crippen LogP contribution in [0, 0.1) is 4.91 Å². The number of aliphatic imine (C=N–C) groups is 1. The summed E-state index contributed by atoms with van der Waals surface area (Å²) < 4.78 is 38.7. The molecule has 1 rings (SSSR count). The van der Waals surface area contributed by atoms with Crippen LogP contribution in [0.3, 0.4) is 0 Å². The molecule has 0 atom stereocenters. The largest absolute Gasteiger partial charge is 0.416 e. The second-order valence-corrected chi connectivity index (χ2v) is 4.89. The highest BCUT2D eigenvalue weighted by molar-refractivity contribution is 6.02. The SMILES string of the molecule is C=C(/C=C(\C=C/C/C(N)=C1\C=CNC=C1C(N)=NC)C(F)(F)F)N=O. The molecule has 0 saturated carbocycles. The number of dihydropyridines is 1. The van der Waals surface area contributed by atoms with Crippen molar-refractivity contribution in [3.8, 4) is 0 Å². The molecular weight excluding hydrogens is 335 g/mol. The maximum Gasteiger partial charge on any atom is 0.416 e. The Balaban J connectivity index is 3.06. The van der Waals surface area contributed by atoms with Crippen LogP contribution in [0.1, 0.15) is 6.42 Å². The van der Waals surface area contributed by atoms with Gasteiger partial charge < -0.3 is 16.8 Å². The Morgan fingerprint density at radius 2 is 2.08 bits per heavy atom. The smallest absolute Gasteiger partial charge is 0.401 e. The molecule has 25 heavy (non-hydrogen) atoms. The summed E-state index contributed by atoms with van der Waals surface area (Å²) in [5.41, 5.74) is 11.6. The van der Waals surface area contributed by atoms with Crippen molar-refractivity contribution in [2.75, 3.05) is 7.05 Å². The maximum atomic E-state index is 12.9. The van der Waals surface area contributed by atoms with Crippen molar-refractivity contribution in [3.63, 3.8) is 0 Å². The molecule has 1 aliphatic heterocycles. The van der Waals surface area contributed by atoms with Gasteiger partial charge in [-0.2, -0.15) is 13.2 Å². The number of amidine groups is 1. The van der Waals surface area contributed by atoms with Crippen LogP contribution >= 0.6 is 0 Å². The Bertz CT molecular complexity index is 725.